The van der Waals surface area contributed by atoms with Gasteiger partial charge in [0.05, 0.1) is 0 Å². The van der Waals surface area contributed by atoms with Gasteiger partial charge in [-0.2, -0.15) is 0 Å². The summed E-state index contributed by atoms with van der Waals surface area (Å²) in [5.74, 6) is 0.737. The van der Waals surface area contributed by atoms with E-state index in [1.807, 2.05) is 12.1 Å². The SMILES string of the molecule is CC(=O)c1ccc2c(c1)C(C1=CC=CCC=C1)CC(O)O2. The molecule has 3 nitrogen and oxygen atoms in total. The fourth-order valence-electron chi connectivity index (χ4n) is 2.81. The summed E-state index contributed by atoms with van der Waals surface area (Å²) in [6.07, 6.45) is 11.0. The largest absolute Gasteiger partial charge is 0.465 e. The number of benzene rings is 1. The zero-order valence-corrected chi connectivity index (χ0v) is 12.0. The van der Waals surface area contributed by atoms with Gasteiger partial charge >= 0.3 is 0 Å². The Labute approximate surface area is 124 Å². The Morgan fingerprint density at radius 2 is 2.19 bits per heavy atom. The van der Waals surface area contributed by atoms with E-state index >= 15 is 0 Å². The molecule has 108 valence electrons. The molecule has 1 N–H and O–H groups in total. The molecular weight excluding hydrogens is 264 g/mol. The molecule has 1 aliphatic heterocycles. The van der Waals surface area contributed by atoms with E-state index < -0.39 is 6.29 Å². The van der Waals surface area contributed by atoms with Gasteiger partial charge < -0.3 is 9.84 Å². The number of rotatable bonds is 2. The molecule has 1 aliphatic carbocycles. The van der Waals surface area contributed by atoms with Crippen LogP contribution in [-0.2, 0) is 0 Å². The minimum absolute atomic E-state index is 0.0351. The van der Waals surface area contributed by atoms with Crippen LogP contribution in [0.3, 0.4) is 0 Å². The minimum Gasteiger partial charge on any atom is -0.465 e. The van der Waals surface area contributed by atoms with Crippen molar-refractivity contribution in [2.45, 2.75) is 32.0 Å². The molecule has 21 heavy (non-hydrogen) atoms. The van der Waals surface area contributed by atoms with E-state index in [9.17, 15) is 9.90 Å². The van der Waals surface area contributed by atoms with Gasteiger partial charge in [-0.1, -0.05) is 30.4 Å². The molecule has 0 radical (unpaired) electrons. The molecule has 1 aromatic carbocycles. The van der Waals surface area contributed by atoms with E-state index in [-0.39, 0.29) is 11.7 Å². The van der Waals surface area contributed by atoms with E-state index in [4.69, 9.17) is 4.74 Å². The minimum atomic E-state index is -0.813. The van der Waals surface area contributed by atoms with E-state index in [2.05, 4.69) is 24.3 Å². The fraction of sp³-hybridized carbons (Fsp3) is 0.278. The van der Waals surface area contributed by atoms with Crippen molar-refractivity contribution >= 4 is 5.78 Å². The van der Waals surface area contributed by atoms with E-state index in [0.717, 1.165) is 17.6 Å². The van der Waals surface area contributed by atoms with Crippen LogP contribution in [-0.4, -0.2) is 17.2 Å². The van der Waals surface area contributed by atoms with Crippen LogP contribution in [0.25, 0.3) is 0 Å². The number of ketones is 1. The molecule has 0 amide bonds. The Bertz CT molecular complexity index is 652. The molecular formula is C18H18O3. The van der Waals surface area contributed by atoms with Crippen LogP contribution in [0.4, 0.5) is 0 Å². The van der Waals surface area contributed by atoms with Crippen LogP contribution in [0.15, 0.2) is 54.2 Å². The Balaban J connectivity index is 2.07. The smallest absolute Gasteiger partial charge is 0.198 e. The summed E-state index contributed by atoms with van der Waals surface area (Å²) in [6, 6.07) is 5.41. The molecule has 2 aliphatic rings. The second-order valence-corrected chi connectivity index (χ2v) is 5.40. The van der Waals surface area contributed by atoms with Gasteiger partial charge in [0.15, 0.2) is 12.1 Å². The van der Waals surface area contributed by atoms with Crippen molar-refractivity contribution in [3.05, 3.63) is 65.3 Å². The van der Waals surface area contributed by atoms with Crippen molar-refractivity contribution in [3.8, 4) is 5.75 Å². The Morgan fingerprint density at radius 1 is 1.33 bits per heavy atom. The highest BCUT2D eigenvalue weighted by atomic mass is 16.6. The first-order chi connectivity index (χ1) is 10.1. The quantitative estimate of drug-likeness (QED) is 0.844. The van der Waals surface area contributed by atoms with E-state index in [0.29, 0.717) is 17.7 Å². The highest BCUT2D eigenvalue weighted by Crippen LogP contribution is 2.41. The lowest BCUT2D eigenvalue weighted by Crippen LogP contribution is -2.26. The number of hydrogen-bond donors (Lipinski definition) is 1. The van der Waals surface area contributed by atoms with Gasteiger partial charge in [-0.05, 0) is 37.1 Å². The first-order valence-electron chi connectivity index (χ1n) is 7.18. The van der Waals surface area contributed by atoms with Crippen LogP contribution in [0.1, 0.15) is 41.6 Å². The monoisotopic (exact) mass is 282 g/mol. The number of hydrogen-bond acceptors (Lipinski definition) is 3. The number of ether oxygens (including phenoxy) is 1. The first-order valence-corrected chi connectivity index (χ1v) is 7.18. The lowest BCUT2D eigenvalue weighted by Gasteiger charge is -2.30. The molecule has 0 fully saturated rings. The number of allylic oxidation sites excluding steroid dienone is 6. The maximum atomic E-state index is 11.6. The third-order valence-corrected chi connectivity index (χ3v) is 3.90. The molecule has 1 heterocycles. The Morgan fingerprint density at radius 3 is 3.00 bits per heavy atom. The van der Waals surface area contributed by atoms with E-state index in [1.165, 1.54) is 0 Å². The predicted octanol–water partition coefficient (Wildman–Crippen LogP) is 3.52. The predicted molar refractivity (Wildman–Crippen MR) is 81.4 cm³/mol. The summed E-state index contributed by atoms with van der Waals surface area (Å²) < 4.78 is 5.49. The molecule has 3 rings (SSSR count). The van der Waals surface area contributed by atoms with Crippen molar-refractivity contribution in [2.24, 2.45) is 0 Å². The van der Waals surface area contributed by atoms with Crippen LogP contribution in [0.5, 0.6) is 5.75 Å². The lowest BCUT2D eigenvalue weighted by atomic mass is 9.84. The van der Waals surface area contributed by atoms with Gasteiger partial charge in [-0.25, -0.2) is 0 Å². The van der Waals surface area contributed by atoms with Crippen molar-refractivity contribution in [3.63, 3.8) is 0 Å². The normalized spacial score (nSPS) is 23.8. The van der Waals surface area contributed by atoms with Crippen molar-refractivity contribution in [1.29, 1.82) is 0 Å². The molecule has 0 saturated heterocycles. The van der Waals surface area contributed by atoms with Crippen molar-refractivity contribution < 1.29 is 14.6 Å². The number of Topliss-reactive ketones (excluding diaryl/α,β-unsaturated/α-hetero) is 1. The summed E-state index contributed by atoms with van der Waals surface area (Å²) in [6.45, 7) is 1.56. The van der Waals surface area contributed by atoms with Crippen LogP contribution < -0.4 is 4.74 Å². The van der Waals surface area contributed by atoms with Crippen molar-refractivity contribution in [1.82, 2.24) is 0 Å². The van der Waals surface area contributed by atoms with Crippen LogP contribution >= 0.6 is 0 Å². The number of carbonyl (C=O) groups is 1. The second-order valence-electron chi connectivity index (χ2n) is 5.40. The molecule has 2 unspecified atom stereocenters. The number of aliphatic hydroxyl groups excluding tert-OH is 1. The zero-order chi connectivity index (χ0) is 14.8. The standard InChI is InChI=1S/C18H18O3/c1-12(19)14-8-9-17-16(10-14)15(11-18(20)21-17)13-6-4-2-3-5-7-13/h2,4-10,15,18,20H,3,11H2,1H3. The average Bonchev–Trinajstić information content (AvgIpc) is 2.74. The third kappa shape index (κ3) is 2.83. The number of fused-ring (bicyclic) bond motifs is 1. The van der Waals surface area contributed by atoms with Gasteiger partial charge in [0.25, 0.3) is 0 Å². The number of aliphatic hydroxyl groups is 1. The maximum absolute atomic E-state index is 11.6. The van der Waals surface area contributed by atoms with Crippen LogP contribution in [0, 0.1) is 0 Å². The van der Waals surface area contributed by atoms with Crippen molar-refractivity contribution in [2.75, 3.05) is 0 Å². The summed E-state index contributed by atoms with van der Waals surface area (Å²) >= 11 is 0. The first kappa shape index (κ1) is 13.8. The Hall–Kier alpha value is -2.13. The maximum Gasteiger partial charge on any atom is 0.198 e. The lowest BCUT2D eigenvalue weighted by molar-refractivity contribution is -0.0359. The van der Waals surface area contributed by atoms with Gasteiger partial charge in [-0.3, -0.25) is 4.79 Å². The second kappa shape index (κ2) is 5.70. The number of carbonyl (C=O) groups excluding carboxylic acids is 1. The highest BCUT2D eigenvalue weighted by Gasteiger charge is 2.29. The third-order valence-electron chi connectivity index (χ3n) is 3.90. The molecule has 0 saturated carbocycles. The molecule has 2 atom stereocenters. The summed E-state index contributed by atoms with van der Waals surface area (Å²) in [4.78, 5) is 11.6. The van der Waals surface area contributed by atoms with Crippen LogP contribution in [0.2, 0.25) is 0 Å². The summed E-state index contributed by atoms with van der Waals surface area (Å²) in [7, 11) is 0. The topological polar surface area (TPSA) is 46.5 Å². The van der Waals surface area contributed by atoms with Gasteiger partial charge in [0.2, 0.25) is 0 Å². The molecule has 3 heteroatoms. The average molecular weight is 282 g/mol. The molecule has 1 aromatic rings. The summed E-state index contributed by atoms with van der Waals surface area (Å²) in [5, 5.41) is 9.95. The Kier molecular flexibility index (Phi) is 3.76. The van der Waals surface area contributed by atoms with Gasteiger partial charge in [-0.15, -0.1) is 0 Å². The van der Waals surface area contributed by atoms with Gasteiger partial charge in [0, 0.05) is 23.5 Å². The van der Waals surface area contributed by atoms with E-state index in [1.54, 1.807) is 19.1 Å². The molecule has 0 bridgehead atoms. The molecule has 0 aromatic heterocycles. The zero-order valence-electron chi connectivity index (χ0n) is 12.0. The fourth-order valence-corrected chi connectivity index (χ4v) is 2.81. The highest BCUT2D eigenvalue weighted by molar-refractivity contribution is 5.94. The van der Waals surface area contributed by atoms with Gasteiger partial charge in [0.1, 0.15) is 5.75 Å². The molecule has 0 spiro atoms. The summed E-state index contributed by atoms with van der Waals surface area (Å²) in [5.41, 5.74) is 2.78.